The molecule has 2 nitrogen and oxygen atoms in total. The van der Waals surface area contributed by atoms with Gasteiger partial charge < -0.3 is 9.80 Å². The van der Waals surface area contributed by atoms with E-state index >= 15 is 0 Å². The van der Waals surface area contributed by atoms with Crippen LogP contribution in [0.25, 0.3) is 0 Å². The quantitative estimate of drug-likeness (QED) is 0.752. The van der Waals surface area contributed by atoms with Gasteiger partial charge in [0.2, 0.25) is 0 Å². The second-order valence-corrected chi connectivity index (χ2v) is 5.14. The van der Waals surface area contributed by atoms with Gasteiger partial charge in [0.1, 0.15) is 0 Å². The molecule has 0 N–H and O–H groups in total. The van der Waals surface area contributed by atoms with Gasteiger partial charge in [-0.3, -0.25) is 0 Å². The highest BCUT2D eigenvalue weighted by atomic mass is 15.2. The third-order valence-electron chi connectivity index (χ3n) is 3.60. The zero-order valence-electron chi connectivity index (χ0n) is 10.8. The van der Waals surface area contributed by atoms with Gasteiger partial charge in [-0.15, -0.1) is 0 Å². The van der Waals surface area contributed by atoms with E-state index in [2.05, 4.69) is 55.9 Å². The molecule has 1 aromatic carbocycles. The molecule has 1 aliphatic rings. The minimum absolute atomic E-state index is 0.708. The second-order valence-electron chi connectivity index (χ2n) is 5.14. The molecule has 88 valence electrons. The molecule has 0 aromatic heterocycles. The van der Waals surface area contributed by atoms with Gasteiger partial charge in [0.15, 0.2) is 0 Å². The fourth-order valence-electron chi connectivity index (χ4n) is 2.44. The Kier molecular flexibility index (Phi) is 3.20. The van der Waals surface area contributed by atoms with Gasteiger partial charge >= 0.3 is 0 Å². The highest BCUT2D eigenvalue weighted by Crippen LogP contribution is 2.26. The Morgan fingerprint density at radius 3 is 2.62 bits per heavy atom. The van der Waals surface area contributed by atoms with Crippen LogP contribution in [0.15, 0.2) is 18.2 Å². The lowest BCUT2D eigenvalue weighted by molar-refractivity contribution is 0.315. The molecule has 0 amide bonds. The van der Waals surface area contributed by atoms with E-state index in [-0.39, 0.29) is 0 Å². The molecular weight excluding hydrogens is 196 g/mol. The smallest absolute Gasteiger partial charge is 0.0399 e. The molecule has 0 radical (unpaired) electrons. The monoisotopic (exact) mass is 218 g/mol. The van der Waals surface area contributed by atoms with E-state index in [9.17, 15) is 0 Å². The Morgan fingerprint density at radius 1 is 1.25 bits per heavy atom. The van der Waals surface area contributed by atoms with Crippen LogP contribution in [-0.4, -0.2) is 38.1 Å². The van der Waals surface area contributed by atoms with Gasteiger partial charge in [-0.25, -0.2) is 0 Å². The summed E-state index contributed by atoms with van der Waals surface area (Å²) < 4.78 is 0. The van der Waals surface area contributed by atoms with E-state index in [0.29, 0.717) is 6.04 Å². The van der Waals surface area contributed by atoms with Crippen molar-refractivity contribution in [2.24, 2.45) is 0 Å². The lowest BCUT2D eigenvalue weighted by atomic mass is 10.1. The largest absolute Gasteiger partial charge is 0.370 e. The fraction of sp³-hybridized carbons (Fsp3) is 0.571. The maximum atomic E-state index is 2.52. The van der Waals surface area contributed by atoms with Gasteiger partial charge in [0.25, 0.3) is 0 Å². The molecule has 0 aliphatic carbocycles. The Hall–Kier alpha value is -1.02. The van der Waals surface area contributed by atoms with Gasteiger partial charge in [0, 0.05) is 24.8 Å². The number of anilines is 1. The molecule has 1 aliphatic heterocycles. The standard InChI is InChI=1S/C14H22N2/c1-11-5-6-12(2)14(9-11)16-8-7-13(10-16)15(3)4/h5-6,9,13H,7-8,10H2,1-4H3/t13-/m1/s1. The zero-order valence-corrected chi connectivity index (χ0v) is 10.8. The fourth-order valence-corrected chi connectivity index (χ4v) is 2.44. The molecule has 1 heterocycles. The Labute approximate surface area is 98.9 Å². The van der Waals surface area contributed by atoms with Crippen molar-refractivity contribution in [1.82, 2.24) is 4.90 Å². The molecule has 0 bridgehead atoms. The number of aryl methyl sites for hydroxylation is 2. The van der Waals surface area contributed by atoms with E-state index < -0.39 is 0 Å². The number of nitrogens with zero attached hydrogens (tertiary/aromatic N) is 2. The first-order valence-electron chi connectivity index (χ1n) is 6.06. The van der Waals surface area contributed by atoms with E-state index in [1.807, 2.05) is 0 Å². The minimum atomic E-state index is 0.708. The van der Waals surface area contributed by atoms with Crippen molar-refractivity contribution in [3.8, 4) is 0 Å². The van der Waals surface area contributed by atoms with Crippen LogP contribution >= 0.6 is 0 Å². The SMILES string of the molecule is Cc1ccc(C)c(N2CC[C@@H](N(C)C)C2)c1. The molecular formula is C14H22N2. The lowest BCUT2D eigenvalue weighted by Gasteiger charge is -2.23. The predicted molar refractivity (Wildman–Crippen MR) is 70.2 cm³/mol. The van der Waals surface area contributed by atoms with Crippen LogP contribution < -0.4 is 4.90 Å². The van der Waals surface area contributed by atoms with Crippen molar-refractivity contribution in [1.29, 1.82) is 0 Å². The average Bonchev–Trinajstić information content (AvgIpc) is 2.70. The van der Waals surface area contributed by atoms with Crippen LogP contribution in [0.3, 0.4) is 0 Å². The van der Waals surface area contributed by atoms with E-state index in [1.54, 1.807) is 0 Å². The molecule has 2 rings (SSSR count). The molecule has 1 saturated heterocycles. The van der Waals surface area contributed by atoms with Crippen molar-refractivity contribution in [3.05, 3.63) is 29.3 Å². The number of hydrogen-bond donors (Lipinski definition) is 0. The van der Waals surface area contributed by atoms with Crippen molar-refractivity contribution in [3.63, 3.8) is 0 Å². The summed E-state index contributed by atoms with van der Waals surface area (Å²) in [6, 6.07) is 7.44. The van der Waals surface area contributed by atoms with Gasteiger partial charge in [-0.1, -0.05) is 12.1 Å². The van der Waals surface area contributed by atoms with E-state index in [1.165, 1.54) is 29.8 Å². The summed E-state index contributed by atoms with van der Waals surface area (Å²) in [6.07, 6.45) is 1.28. The highest BCUT2D eigenvalue weighted by Gasteiger charge is 2.24. The molecule has 1 atom stereocenters. The first kappa shape index (κ1) is 11.5. The number of benzene rings is 1. The maximum Gasteiger partial charge on any atom is 0.0399 e. The summed E-state index contributed by atoms with van der Waals surface area (Å²) in [5.41, 5.74) is 4.17. The highest BCUT2D eigenvalue weighted by molar-refractivity contribution is 5.55. The molecule has 1 aromatic rings. The summed E-state index contributed by atoms with van der Waals surface area (Å²) in [6.45, 7) is 6.73. The van der Waals surface area contributed by atoms with Crippen molar-refractivity contribution in [2.75, 3.05) is 32.1 Å². The van der Waals surface area contributed by atoms with Gasteiger partial charge in [-0.05, 0) is 51.6 Å². The summed E-state index contributed by atoms with van der Waals surface area (Å²) in [7, 11) is 4.36. The third kappa shape index (κ3) is 2.22. The normalized spacial score (nSPS) is 20.8. The van der Waals surface area contributed by atoms with Crippen LogP contribution in [0, 0.1) is 13.8 Å². The number of hydrogen-bond acceptors (Lipinski definition) is 2. The Balaban J connectivity index is 2.17. The van der Waals surface area contributed by atoms with Gasteiger partial charge in [0.05, 0.1) is 0 Å². The first-order valence-corrected chi connectivity index (χ1v) is 6.06. The minimum Gasteiger partial charge on any atom is -0.370 e. The van der Waals surface area contributed by atoms with E-state index in [0.717, 1.165) is 6.54 Å². The molecule has 0 spiro atoms. The second kappa shape index (κ2) is 4.46. The van der Waals surface area contributed by atoms with Crippen molar-refractivity contribution < 1.29 is 0 Å². The topological polar surface area (TPSA) is 6.48 Å². The lowest BCUT2D eigenvalue weighted by Crippen LogP contribution is -2.31. The number of likely N-dealkylation sites (N-methyl/N-ethyl adjacent to an activating group) is 1. The Morgan fingerprint density at radius 2 is 2.00 bits per heavy atom. The summed E-state index contributed by atoms with van der Waals surface area (Å²) >= 11 is 0. The zero-order chi connectivity index (χ0) is 11.7. The molecule has 0 unspecified atom stereocenters. The molecule has 0 saturated carbocycles. The summed E-state index contributed by atoms with van der Waals surface area (Å²) in [5.74, 6) is 0. The van der Waals surface area contributed by atoms with Gasteiger partial charge in [-0.2, -0.15) is 0 Å². The van der Waals surface area contributed by atoms with Crippen LogP contribution in [-0.2, 0) is 0 Å². The van der Waals surface area contributed by atoms with Crippen molar-refractivity contribution >= 4 is 5.69 Å². The average molecular weight is 218 g/mol. The summed E-state index contributed by atoms with van der Waals surface area (Å²) in [4.78, 5) is 4.86. The van der Waals surface area contributed by atoms with Crippen molar-refractivity contribution in [2.45, 2.75) is 26.3 Å². The Bertz CT molecular complexity index is 371. The van der Waals surface area contributed by atoms with Crippen LogP contribution in [0.5, 0.6) is 0 Å². The molecule has 16 heavy (non-hydrogen) atoms. The predicted octanol–water partition coefficient (Wildman–Crippen LogP) is 2.44. The maximum absolute atomic E-state index is 2.52. The van der Waals surface area contributed by atoms with E-state index in [4.69, 9.17) is 0 Å². The van der Waals surface area contributed by atoms with Crippen LogP contribution in [0.2, 0.25) is 0 Å². The number of rotatable bonds is 2. The molecule has 1 fully saturated rings. The van der Waals surface area contributed by atoms with Crippen LogP contribution in [0.1, 0.15) is 17.5 Å². The molecule has 2 heteroatoms. The first-order chi connectivity index (χ1) is 7.58. The van der Waals surface area contributed by atoms with Crippen LogP contribution in [0.4, 0.5) is 5.69 Å². The third-order valence-corrected chi connectivity index (χ3v) is 3.60. The summed E-state index contributed by atoms with van der Waals surface area (Å²) in [5, 5.41) is 0.